The second-order valence-corrected chi connectivity index (χ2v) is 5.34. The van der Waals surface area contributed by atoms with Crippen LogP contribution in [0.25, 0.3) is 0 Å². The lowest BCUT2D eigenvalue weighted by Gasteiger charge is -2.28. The van der Waals surface area contributed by atoms with Crippen LogP contribution in [0.3, 0.4) is 0 Å². The molecule has 0 bridgehead atoms. The van der Waals surface area contributed by atoms with Crippen LogP contribution < -0.4 is 0 Å². The number of allylic oxidation sites excluding steroid dienone is 5. The van der Waals surface area contributed by atoms with E-state index in [1.807, 2.05) is 25.2 Å². The van der Waals surface area contributed by atoms with Crippen LogP contribution in [0.4, 0.5) is 0 Å². The average molecular weight is 232 g/mol. The number of ether oxygens (including phenoxy) is 1. The third kappa shape index (κ3) is 1.67. The second-order valence-electron chi connectivity index (χ2n) is 5.34. The maximum absolute atomic E-state index is 12.4. The molecule has 0 aromatic carbocycles. The van der Waals surface area contributed by atoms with Crippen molar-refractivity contribution in [3.05, 3.63) is 35.6 Å². The van der Waals surface area contributed by atoms with E-state index >= 15 is 0 Å². The van der Waals surface area contributed by atoms with Crippen LogP contribution in [0, 0.1) is 17.3 Å². The first kappa shape index (κ1) is 12.2. The average Bonchev–Trinajstić information content (AvgIpc) is 2.46. The van der Waals surface area contributed by atoms with Crippen molar-refractivity contribution < 1.29 is 9.53 Å². The van der Waals surface area contributed by atoms with Gasteiger partial charge in [-0.05, 0) is 30.4 Å². The lowest BCUT2D eigenvalue weighted by atomic mass is 9.77. The van der Waals surface area contributed by atoms with Gasteiger partial charge in [-0.3, -0.25) is 4.79 Å². The molecule has 92 valence electrons. The van der Waals surface area contributed by atoms with Gasteiger partial charge in [0.05, 0.1) is 7.11 Å². The van der Waals surface area contributed by atoms with E-state index in [0.717, 1.165) is 5.76 Å². The standard InChI is InChI=1S/C15H20O2/c1-10(2)11-9-13(16)15(3)12(11)7-5-6-8-14(15)17-4/h5-8,10-11H,9H2,1-4H3/t11-,15-/m0/s1. The largest absolute Gasteiger partial charge is 0.500 e. The fourth-order valence-corrected chi connectivity index (χ4v) is 2.95. The number of hydrogen-bond donors (Lipinski definition) is 0. The van der Waals surface area contributed by atoms with E-state index in [-0.39, 0.29) is 5.78 Å². The van der Waals surface area contributed by atoms with Crippen LogP contribution in [0.2, 0.25) is 0 Å². The minimum atomic E-state index is -0.548. The minimum Gasteiger partial charge on any atom is -0.500 e. The summed E-state index contributed by atoms with van der Waals surface area (Å²) in [6.45, 7) is 6.34. The van der Waals surface area contributed by atoms with Crippen LogP contribution in [0.5, 0.6) is 0 Å². The Morgan fingerprint density at radius 3 is 2.59 bits per heavy atom. The van der Waals surface area contributed by atoms with Crippen LogP contribution in [0.15, 0.2) is 35.6 Å². The van der Waals surface area contributed by atoms with E-state index in [1.165, 1.54) is 5.57 Å². The summed E-state index contributed by atoms with van der Waals surface area (Å²) in [7, 11) is 1.64. The predicted octanol–water partition coefficient (Wildman–Crippen LogP) is 3.26. The summed E-state index contributed by atoms with van der Waals surface area (Å²) in [6.07, 6.45) is 8.59. The molecular formula is C15H20O2. The van der Waals surface area contributed by atoms with Crippen molar-refractivity contribution in [3.8, 4) is 0 Å². The van der Waals surface area contributed by atoms with E-state index in [2.05, 4.69) is 19.9 Å². The Morgan fingerprint density at radius 2 is 2.00 bits per heavy atom. The summed E-state index contributed by atoms with van der Waals surface area (Å²) in [6, 6.07) is 0. The number of Topliss-reactive ketones (excluding diaryl/α,β-unsaturated/α-hetero) is 1. The van der Waals surface area contributed by atoms with Crippen LogP contribution in [-0.2, 0) is 9.53 Å². The zero-order valence-corrected chi connectivity index (χ0v) is 11.0. The number of ketones is 1. The van der Waals surface area contributed by atoms with Crippen molar-refractivity contribution in [3.63, 3.8) is 0 Å². The maximum atomic E-state index is 12.4. The molecule has 0 aliphatic heterocycles. The molecule has 1 fully saturated rings. The normalized spacial score (nSPS) is 32.1. The second kappa shape index (κ2) is 4.17. The lowest BCUT2D eigenvalue weighted by Crippen LogP contribution is -2.27. The van der Waals surface area contributed by atoms with Crippen molar-refractivity contribution in [1.82, 2.24) is 0 Å². The van der Waals surface area contributed by atoms with Crippen molar-refractivity contribution >= 4 is 5.78 Å². The van der Waals surface area contributed by atoms with E-state index in [9.17, 15) is 4.79 Å². The Labute approximate surface area is 103 Å². The van der Waals surface area contributed by atoms with E-state index in [1.54, 1.807) is 7.11 Å². The van der Waals surface area contributed by atoms with E-state index in [0.29, 0.717) is 18.3 Å². The SMILES string of the molecule is COC1=CC=CC=C2[C@H](C(C)C)CC(=O)[C@@]12C. The molecule has 17 heavy (non-hydrogen) atoms. The van der Waals surface area contributed by atoms with E-state index < -0.39 is 5.41 Å². The van der Waals surface area contributed by atoms with Gasteiger partial charge in [-0.2, -0.15) is 0 Å². The highest BCUT2D eigenvalue weighted by atomic mass is 16.5. The fourth-order valence-electron chi connectivity index (χ4n) is 2.95. The molecule has 0 amide bonds. The molecular weight excluding hydrogens is 212 g/mol. The van der Waals surface area contributed by atoms with Gasteiger partial charge in [-0.15, -0.1) is 0 Å². The Bertz CT molecular complexity index is 426. The smallest absolute Gasteiger partial charge is 0.150 e. The van der Waals surface area contributed by atoms with Crippen LogP contribution in [0.1, 0.15) is 27.2 Å². The Morgan fingerprint density at radius 1 is 1.35 bits per heavy atom. The fraction of sp³-hybridized carbons (Fsp3) is 0.533. The van der Waals surface area contributed by atoms with Gasteiger partial charge in [-0.25, -0.2) is 0 Å². The molecule has 1 saturated carbocycles. The molecule has 2 aliphatic rings. The van der Waals surface area contributed by atoms with Gasteiger partial charge in [0, 0.05) is 6.42 Å². The molecule has 0 radical (unpaired) electrons. The number of methoxy groups -OCH3 is 1. The Kier molecular flexibility index (Phi) is 2.98. The van der Waals surface area contributed by atoms with Gasteiger partial charge in [0.2, 0.25) is 0 Å². The van der Waals surface area contributed by atoms with Crippen molar-refractivity contribution in [2.75, 3.05) is 7.11 Å². The molecule has 0 aromatic rings. The van der Waals surface area contributed by atoms with Crippen molar-refractivity contribution in [1.29, 1.82) is 0 Å². The first-order valence-corrected chi connectivity index (χ1v) is 6.18. The zero-order valence-electron chi connectivity index (χ0n) is 11.0. The van der Waals surface area contributed by atoms with Gasteiger partial charge in [0.25, 0.3) is 0 Å². The summed E-state index contributed by atoms with van der Waals surface area (Å²) < 4.78 is 5.43. The first-order valence-electron chi connectivity index (χ1n) is 6.18. The third-order valence-corrected chi connectivity index (χ3v) is 4.09. The molecule has 0 unspecified atom stereocenters. The quantitative estimate of drug-likeness (QED) is 0.730. The summed E-state index contributed by atoms with van der Waals surface area (Å²) in [5.74, 6) is 1.87. The van der Waals surface area contributed by atoms with E-state index in [4.69, 9.17) is 4.74 Å². The third-order valence-electron chi connectivity index (χ3n) is 4.09. The Hall–Kier alpha value is -1.31. The molecule has 2 heteroatoms. The topological polar surface area (TPSA) is 26.3 Å². The number of hydrogen-bond acceptors (Lipinski definition) is 2. The van der Waals surface area contributed by atoms with Crippen molar-refractivity contribution in [2.24, 2.45) is 17.3 Å². The predicted molar refractivity (Wildman–Crippen MR) is 68.4 cm³/mol. The van der Waals surface area contributed by atoms with Crippen LogP contribution in [-0.4, -0.2) is 12.9 Å². The summed E-state index contributed by atoms with van der Waals surface area (Å²) in [4.78, 5) is 12.4. The highest BCUT2D eigenvalue weighted by molar-refractivity contribution is 5.94. The zero-order chi connectivity index (χ0) is 12.6. The van der Waals surface area contributed by atoms with Gasteiger partial charge < -0.3 is 4.74 Å². The maximum Gasteiger partial charge on any atom is 0.150 e. The molecule has 2 nitrogen and oxygen atoms in total. The monoisotopic (exact) mass is 232 g/mol. The number of carbonyl (C=O) groups excluding carboxylic acids is 1. The van der Waals surface area contributed by atoms with Gasteiger partial charge >= 0.3 is 0 Å². The lowest BCUT2D eigenvalue weighted by molar-refractivity contribution is -0.124. The van der Waals surface area contributed by atoms with Crippen molar-refractivity contribution in [2.45, 2.75) is 27.2 Å². The van der Waals surface area contributed by atoms with Gasteiger partial charge in [0.1, 0.15) is 11.2 Å². The summed E-state index contributed by atoms with van der Waals surface area (Å²) in [5.41, 5.74) is 0.659. The Balaban J connectivity index is 2.54. The first-order chi connectivity index (χ1) is 8.01. The number of rotatable bonds is 2. The summed E-state index contributed by atoms with van der Waals surface area (Å²) >= 11 is 0. The molecule has 2 atom stereocenters. The highest BCUT2D eigenvalue weighted by Crippen LogP contribution is 2.51. The molecule has 0 heterocycles. The molecule has 0 aromatic heterocycles. The van der Waals surface area contributed by atoms with Crippen LogP contribution >= 0.6 is 0 Å². The highest BCUT2D eigenvalue weighted by Gasteiger charge is 2.51. The number of fused-ring (bicyclic) bond motifs is 1. The van der Waals surface area contributed by atoms with Gasteiger partial charge in [0.15, 0.2) is 5.78 Å². The molecule has 2 rings (SSSR count). The van der Waals surface area contributed by atoms with Gasteiger partial charge in [-0.1, -0.05) is 32.1 Å². The molecule has 2 aliphatic carbocycles. The summed E-state index contributed by atoms with van der Waals surface area (Å²) in [5, 5.41) is 0. The molecule has 0 spiro atoms. The number of carbonyl (C=O) groups is 1. The minimum absolute atomic E-state index is 0.277. The molecule has 0 saturated heterocycles. The molecule has 0 N–H and O–H groups in total.